The molecule has 1 N–H and O–H groups in total. The van der Waals surface area contributed by atoms with Crippen molar-refractivity contribution in [2.24, 2.45) is 0 Å². The Hall–Kier alpha value is -2.16. The molecular formula is C20H16Cl3N3O3S. The Morgan fingerprint density at radius 2 is 1.70 bits per heavy atom. The highest BCUT2D eigenvalue weighted by Gasteiger charge is 2.27. The number of anilines is 1. The van der Waals surface area contributed by atoms with Crippen molar-refractivity contribution >= 4 is 56.4 Å². The van der Waals surface area contributed by atoms with Crippen LogP contribution in [0.5, 0.6) is 0 Å². The van der Waals surface area contributed by atoms with Crippen molar-refractivity contribution in [3.8, 4) is 0 Å². The summed E-state index contributed by atoms with van der Waals surface area (Å²) in [6.07, 6.45) is 2.70. The number of carbonyl (C=O) groups excluding carboxylic acids is 1. The maximum absolute atomic E-state index is 13.1. The first-order chi connectivity index (χ1) is 14.3. The van der Waals surface area contributed by atoms with Crippen molar-refractivity contribution in [2.45, 2.75) is 11.4 Å². The fraction of sp³-hybridized carbons (Fsp3) is 0.100. The SMILES string of the molecule is O=C(CN(Cc1ccc(Cl)cc1)S(=O)(=O)c1cccnc1)Nc1cc(Cl)ccc1Cl. The van der Waals surface area contributed by atoms with Gasteiger partial charge < -0.3 is 5.32 Å². The van der Waals surface area contributed by atoms with Gasteiger partial charge in [0.1, 0.15) is 4.90 Å². The number of sulfonamides is 1. The molecule has 0 atom stereocenters. The van der Waals surface area contributed by atoms with Crippen LogP contribution in [0.4, 0.5) is 5.69 Å². The van der Waals surface area contributed by atoms with Crippen LogP contribution in [0.1, 0.15) is 5.56 Å². The van der Waals surface area contributed by atoms with E-state index in [0.717, 1.165) is 4.31 Å². The second-order valence-electron chi connectivity index (χ2n) is 6.26. The summed E-state index contributed by atoms with van der Waals surface area (Å²) in [6, 6.07) is 14.2. The van der Waals surface area contributed by atoms with E-state index in [1.54, 1.807) is 30.3 Å². The highest BCUT2D eigenvalue weighted by Crippen LogP contribution is 2.26. The first kappa shape index (κ1) is 22.5. The molecule has 10 heteroatoms. The third kappa shape index (κ3) is 5.71. The molecule has 0 radical (unpaired) electrons. The Kier molecular flexibility index (Phi) is 7.33. The molecule has 0 unspecified atom stereocenters. The summed E-state index contributed by atoms with van der Waals surface area (Å²) in [6.45, 7) is -0.478. The van der Waals surface area contributed by atoms with E-state index in [0.29, 0.717) is 21.3 Å². The topological polar surface area (TPSA) is 79.4 Å². The third-order valence-electron chi connectivity index (χ3n) is 4.07. The average Bonchev–Trinajstić information content (AvgIpc) is 2.72. The molecule has 3 rings (SSSR count). The van der Waals surface area contributed by atoms with Crippen LogP contribution in [0.15, 0.2) is 71.9 Å². The molecule has 0 aliphatic heterocycles. The van der Waals surface area contributed by atoms with Crippen LogP contribution in [-0.2, 0) is 21.4 Å². The molecular weight excluding hydrogens is 469 g/mol. The van der Waals surface area contributed by atoms with Gasteiger partial charge in [-0.15, -0.1) is 0 Å². The number of nitrogens with zero attached hydrogens (tertiary/aromatic N) is 2. The van der Waals surface area contributed by atoms with Gasteiger partial charge in [0, 0.05) is 29.0 Å². The summed E-state index contributed by atoms with van der Waals surface area (Å²) in [5, 5.41) is 3.79. The number of hydrogen-bond acceptors (Lipinski definition) is 4. The lowest BCUT2D eigenvalue weighted by molar-refractivity contribution is -0.116. The number of halogens is 3. The highest BCUT2D eigenvalue weighted by atomic mass is 35.5. The zero-order valence-corrected chi connectivity index (χ0v) is 18.5. The molecule has 1 aromatic heterocycles. The fourth-order valence-corrected chi connectivity index (χ4v) is 4.42. The number of amides is 1. The molecule has 0 fully saturated rings. The van der Waals surface area contributed by atoms with Crippen LogP contribution in [0.3, 0.4) is 0 Å². The summed E-state index contributed by atoms with van der Waals surface area (Å²) < 4.78 is 27.3. The van der Waals surface area contributed by atoms with E-state index in [9.17, 15) is 13.2 Å². The molecule has 0 saturated heterocycles. The van der Waals surface area contributed by atoms with E-state index in [1.807, 2.05) is 0 Å². The lowest BCUT2D eigenvalue weighted by atomic mass is 10.2. The van der Waals surface area contributed by atoms with Gasteiger partial charge in [-0.25, -0.2) is 8.42 Å². The number of aromatic nitrogens is 1. The quantitative estimate of drug-likeness (QED) is 0.519. The van der Waals surface area contributed by atoms with Gasteiger partial charge in [0.05, 0.1) is 17.3 Å². The Balaban J connectivity index is 1.87. The number of rotatable bonds is 7. The minimum Gasteiger partial charge on any atom is -0.324 e. The number of nitrogens with one attached hydrogen (secondary N) is 1. The Morgan fingerprint density at radius 3 is 2.37 bits per heavy atom. The van der Waals surface area contributed by atoms with Crippen LogP contribution in [0.25, 0.3) is 0 Å². The van der Waals surface area contributed by atoms with Gasteiger partial charge in [-0.2, -0.15) is 4.31 Å². The van der Waals surface area contributed by atoms with Crippen LogP contribution >= 0.6 is 34.8 Å². The van der Waals surface area contributed by atoms with Crippen molar-refractivity contribution in [1.82, 2.24) is 9.29 Å². The van der Waals surface area contributed by atoms with Crippen LogP contribution in [0, 0.1) is 0 Å². The largest absolute Gasteiger partial charge is 0.324 e. The fourth-order valence-electron chi connectivity index (χ4n) is 2.61. The van der Waals surface area contributed by atoms with Gasteiger partial charge in [0.2, 0.25) is 15.9 Å². The van der Waals surface area contributed by atoms with Crippen LogP contribution < -0.4 is 5.32 Å². The minimum absolute atomic E-state index is 0.0208. The van der Waals surface area contributed by atoms with Crippen molar-refractivity contribution in [1.29, 1.82) is 0 Å². The predicted molar refractivity (Wildman–Crippen MR) is 118 cm³/mol. The van der Waals surface area contributed by atoms with Crippen molar-refractivity contribution < 1.29 is 13.2 Å². The maximum atomic E-state index is 13.1. The molecule has 30 heavy (non-hydrogen) atoms. The van der Waals surface area contributed by atoms with E-state index < -0.39 is 22.5 Å². The van der Waals surface area contributed by atoms with Crippen LogP contribution in [-0.4, -0.2) is 30.2 Å². The van der Waals surface area contributed by atoms with Gasteiger partial charge in [-0.05, 0) is 48.0 Å². The van der Waals surface area contributed by atoms with E-state index in [2.05, 4.69) is 10.3 Å². The number of hydrogen-bond donors (Lipinski definition) is 1. The van der Waals surface area contributed by atoms with E-state index in [1.165, 1.54) is 36.7 Å². The molecule has 0 aliphatic rings. The molecule has 2 aromatic carbocycles. The van der Waals surface area contributed by atoms with Crippen LogP contribution in [0.2, 0.25) is 15.1 Å². The zero-order valence-electron chi connectivity index (χ0n) is 15.4. The standard InChI is InChI=1S/C20H16Cl3N3O3S/c21-15-5-3-14(4-6-15)12-26(30(28,29)17-2-1-9-24-11-17)13-20(27)25-19-10-16(22)7-8-18(19)23/h1-11H,12-13H2,(H,25,27). The molecule has 0 saturated carbocycles. The lowest BCUT2D eigenvalue weighted by Crippen LogP contribution is -2.37. The minimum atomic E-state index is -4.00. The zero-order chi connectivity index (χ0) is 21.7. The van der Waals surface area contributed by atoms with Gasteiger partial charge in [-0.3, -0.25) is 9.78 Å². The molecule has 1 heterocycles. The summed E-state index contributed by atoms with van der Waals surface area (Å²) >= 11 is 17.9. The first-order valence-corrected chi connectivity index (χ1v) is 11.2. The summed E-state index contributed by atoms with van der Waals surface area (Å²) in [5.41, 5.74) is 0.958. The van der Waals surface area contributed by atoms with Gasteiger partial charge in [0.15, 0.2) is 0 Å². The summed E-state index contributed by atoms with van der Waals surface area (Å²) in [4.78, 5) is 16.5. The average molecular weight is 485 g/mol. The molecule has 156 valence electrons. The Morgan fingerprint density at radius 1 is 1.00 bits per heavy atom. The number of pyridine rings is 1. The van der Waals surface area contributed by atoms with Gasteiger partial charge in [-0.1, -0.05) is 46.9 Å². The van der Waals surface area contributed by atoms with E-state index >= 15 is 0 Å². The van der Waals surface area contributed by atoms with E-state index in [4.69, 9.17) is 34.8 Å². The first-order valence-electron chi connectivity index (χ1n) is 8.65. The van der Waals surface area contributed by atoms with E-state index in [-0.39, 0.29) is 16.5 Å². The monoisotopic (exact) mass is 483 g/mol. The second kappa shape index (κ2) is 9.76. The van der Waals surface area contributed by atoms with Crippen molar-refractivity contribution in [2.75, 3.05) is 11.9 Å². The normalized spacial score (nSPS) is 11.5. The summed E-state index contributed by atoms with van der Waals surface area (Å²) in [7, 11) is -4.00. The van der Waals surface area contributed by atoms with Crippen molar-refractivity contribution in [3.05, 3.63) is 87.6 Å². The van der Waals surface area contributed by atoms with Gasteiger partial charge in [0.25, 0.3) is 0 Å². The Bertz CT molecular complexity index is 1140. The maximum Gasteiger partial charge on any atom is 0.245 e. The predicted octanol–water partition coefficient (Wildman–Crippen LogP) is 4.87. The smallest absolute Gasteiger partial charge is 0.245 e. The molecule has 3 aromatic rings. The summed E-state index contributed by atoms with van der Waals surface area (Å²) in [5.74, 6) is -0.569. The second-order valence-corrected chi connectivity index (χ2v) is 9.48. The molecule has 0 spiro atoms. The molecule has 0 aliphatic carbocycles. The third-order valence-corrected chi connectivity index (χ3v) is 6.66. The highest BCUT2D eigenvalue weighted by molar-refractivity contribution is 7.89. The molecule has 0 bridgehead atoms. The Labute approximate surface area is 189 Å². The number of carbonyl (C=O) groups is 1. The lowest BCUT2D eigenvalue weighted by Gasteiger charge is -2.22. The molecule has 1 amide bonds. The molecule has 6 nitrogen and oxygen atoms in total. The number of benzene rings is 2. The van der Waals surface area contributed by atoms with Crippen molar-refractivity contribution in [3.63, 3.8) is 0 Å². The van der Waals surface area contributed by atoms with Gasteiger partial charge >= 0.3 is 0 Å².